The minimum Gasteiger partial charge on any atom is -0.461 e. The molecule has 2 aromatic rings. The molecule has 0 atom stereocenters. The molecule has 2 rings (SSSR count). The van der Waals surface area contributed by atoms with E-state index in [0.717, 1.165) is 35.6 Å². The van der Waals surface area contributed by atoms with Crippen molar-refractivity contribution in [3.8, 4) is 0 Å². The molecule has 0 bridgehead atoms. The second-order valence-corrected chi connectivity index (χ2v) is 4.37. The maximum atomic E-state index is 11.9. The van der Waals surface area contributed by atoms with E-state index in [1.165, 1.54) is 0 Å². The molecule has 0 fully saturated rings. The number of aryl methyl sites for hydroxylation is 1. The van der Waals surface area contributed by atoms with Gasteiger partial charge in [-0.2, -0.15) is 0 Å². The van der Waals surface area contributed by atoms with Crippen molar-refractivity contribution in [2.45, 2.75) is 26.7 Å². The summed E-state index contributed by atoms with van der Waals surface area (Å²) in [6.45, 7) is 4.18. The predicted molar refractivity (Wildman–Crippen MR) is 73.6 cm³/mol. The largest absolute Gasteiger partial charge is 0.461 e. The number of aldehydes is 1. The standard InChI is InChI=1S/C15H17NO3/c1-3-5-11-12-8-10(9-17)6-7-13(12)16-14(11)15(18)19-4-2/h6-9,16H,3-5H2,1-2H3. The number of benzene rings is 1. The van der Waals surface area contributed by atoms with E-state index in [-0.39, 0.29) is 5.97 Å². The van der Waals surface area contributed by atoms with E-state index in [0.29, 0.717) is 17.9 Å². The number of hydrogen-bond acceptors (Lipinski definition) is 3. The summed E-state index contributed by atoms with van der Waals surface area (Å²) in [6, 6.07) is 5.37. The third-order valence-corrected chi connectivity index (χ3v) is 3.05. The number of ether oxygens (including phenoxy) is 1. The molecular weight excluding hydrogens is 242 g/mol. The lowest BCUT2D eigenvalue weighted by Gasteiger charge is -2.03. The molecule has 100 valence electrons. The van der Waals surface area contributed by atoms with E-state index in [1.54, 1.807) is 13.0 Å². The Bertz CT molecular complexity index is 613. The van der Waals surface area contributed by atoms with Crippen molar-refractivity contribution in [1.82, 2.24) is 4.98 Å². The van der Waals surface area contributed by atoms with Crippen molar-refractivity contribution in [3.05, 3.63) is 35.0 Å². The Morgan fingerprint density at radius 1 is 1.37 bits per heavy atom. The van der Waals surface area contributed by atoms with Gasteiger partial charge in [-0.25, -0.2) is 4.79 Å². The highest BCUT2D eigenvalue weighted by Gasteiger charge is 2.18. The molecule has 4 nitrogen and oxygen atoms in total. The number of H-pyrrole nitrogens is 1. The van der Waals surface area contributed by atoms with Crippen molar-refractivity contribution < 1.29 is 14.3 Å². The van der Waals surface area contributed by atoms with Crippen molar-refractivity contribution in [2.24, 2.45) is 0 Å². The van der Waals surface area contributed by atoms with Gasteiger partial charge in [0, 0.05) is 16.5 Å². The second kappa shape index (κ2) is 5.69. The van der Waals surface area contributed by atoms with Gasteiger partial charge in [-0.3, -0.25) is 4.79 Å². The molecule has 0 aliphatic heterocycles. The molecule has 0 saturated carbocycles. The summed E-state index contributed by atoms with van der Waals surface area (Å²) < 4.78 is 5.06. The van der Waals surface area contributed by atoms with Crippen LogP contribution in [0.5, 0.6) is 0 Å². The molecule has 0 aliphatic rings. The summed E-state index contributed by atoms with van der Waals surface area (Å²) in [5.41, 5.74) is 2.90. The van der Waals surface area contributed by atoms with Crippen molar-refractivity contribution >= 4 is 23.2 Å². The fourth-order valence-electron chi connectivity index (χ4n) is 2.23. The van der Waals surface area contributed by atoms with Gasteiger partial charge < -0.3 is 9.72 Å². The molecule has 0 spiro atoms. The van der Waals surface area contributed by atoms with Crippen LogP contribution in [-0.2, 0) is 11.2 Å². The fraction of sp³-hybridized carbons (Fsp3) is 0.333. The number of fused-ring (bicyclic) bond motifs is 1. The van der Waals surface area contributed by atoms with E-state index >= 15 is 0 Å². The highest BCUT2D eigenvalue weighted by molar-refractivity contribution is 5.99. The Balaban J connectivity index is 2.59. The van der Waals surface area contributed by atoms with Crippen LogP contribution in [0, 0.1) is 0 Å². The Kier molecular flexibility index (Phi) is 4.00. The van der Waals surface area contributed by atoms with Crippen molar-refractivity contribution in [3.63, 3.8) is 0 Å². The molecule has 0 amide bonds. The molecule has 1 aromatic heterocycles. The number of nitrogens with one attached hydrogen (secondary N) is 1. The topological polar surface area (TPSA) is 59.2 Å². The summed E-state index contributed by atoms with van der Waals surface area (Å²) in [7, 11) is 0. The first-order valence-electron chi connectivity index (χ1n) is 6.48. The summed E-state index contributed by atoms with van der Waals surface area (Å²) in [6.07, 6.45) is 2.51. The average molecular weight is 259 g/mol. The molecular formula is C15H17NO3. The molecule has 1 aromatic carbocycles. The smallest absolute Gasteiger partial charge is 0.355 e. The second-order valence-electron chi connectivity index (χ2n) is 4.37. The monoisotopic (exact) mass is 259 g/mol. The lowest BCUT2D eigenvalue weighted by atomic mass is 10.0. The third-order valence-electron chi connectivity index (χ3n) is 3.05. The maximum absolute atomic E-state index is 11.9. The minimum atomic E-state index is -0.338. The first kappa shape index (κ1) is 13.3. The Labute approximate surface area is 111 Å². The van der Waals surface area contributed by atoms with E-state index in [2.05, 4.69) is 11.9 Å². The zero-order valence-corrected chi connectivity index (χ0v) is 11.2. The van der Waals surface area contributed by atoms with Crippen LogP contribution >= 0.6 is 0 Å². The highest BCUT2D eigenvalue weighted by atomic mass is 16.5. The predicted octanol–water partition coefficient (Wildman–Crippen LogP) is 3.11. The van der Waals surface area contributed by atoms with Crippen LogP contribution in [0.4, 0.5) is 0 Å². The summed E-state index contributed by atoms with van der Waals surface area (Å²) in [5.74, 6) is -0.338. The van der Waals surface area contributed by atoms with E-state index < -0.39 is 0 Å². The van der Waals surface area contributed by atoms with E-state index in [1.807, 2.05) is 12.1 Å². The first-order chi connectivity index (χ1) is 9.21. The molecule has 0 aliphatic carbocycles. The highest BCUT2D eigenvalue weighted by Crippen LogP contribution is 2.25. The van der Waals surface area contributed by atoms with Gasteiger partial charge in [0.05, 0.1) is 6.61 Å². The number of carbonyl (C=O) groups excluding carboxylic acids is 2. The molecule has 1 N–H and O–H groups in total. The lowest BCUT2D eigenvalue weighted by molar-refractivity contribution is 0.0519. The Morgan fingerprint density at radius 2 is 2.16 bits per heavy atom. The normalized spacial score (nSPS) is 10.6. The van der Waals surface area contributed by atoms with Gasteiger partial charge in [-0.05, 0) is 37.1 Å². The third kappa shape index (κ3) is 2.52. The van der Waals surface area contributed by atoms with Crippen LogP contribution in [0.2, 0.25) is 0 Å². The number of aromatic nitrogens is 1. The van der Waals surface area contributed by atoms with Gasteiger partial charge in [-0.15, -0.1) is 0 Å². The maximum Gasteiger partial charge on any atom is 0.355 e. The van der Waals surface area contributed by atoms with Crippen LogP contribution < -0.4 is 0 Å². The molecule has 0 radical (unpaired) electrons. The van der Waals surface area contributed by atoms with Crippen molar-refractivity contribution in [2.75, 3.05) is 6.61 Å². The average Bonchev–Trinajstić information content (AvgIpc) is 2.78. The van der Waals surface area contributed by atoms with Gasteiger partial charge in [0.25, 0.3) is 0 Å². The van der Waals surface area contributed by atoms with Gasteiger partial charge >= 0.3 is 5.97 Å². The van der Waals surface area contributed by atoms with Crippen molar-refractivity contribution in [1.29, 1.82) is 0 Å². The molecule has 0 saturated heterocycles. The number of aromatic amines is 1. The molecule has 4 heteroatoms. The quantitative estimate of drug-likeness (QED) is 0.663. The van der Waals surface area contributed by atoms with E-state index in [9.17, 15) is 9.59 Å². The molecule has 0 unspecified atom stereocenters. The number of carbonyl (C=O) groups is 2. The minimum absolute atomic E-state index is 0.338. The van der Waals surface area contributed by atoms with Gasteiger partial charge in [0.1, 0.15) is 12.0 Å². The zero-order chi connectivity index (χ0) is 13.8. The van der Waals surface area contributed by atoms with Gasteiger partial charge in [0.2, 0.25) is 0 Å². The Morgan fingerprint density at radius 3 is 2.79 bits per heavy atom. The number of hydrogen-bond donors (Lipinski definition) is 1. The summed E-state index contributed by atoms with van der Waals surface area (Å²) in [4.78, 5) is 25.9. The van der Waals surface area contributed by atoms with Crippen LogP contribution in [0.15, 0.2) is 18.2 Å². The first-order valence-corrected chi connectivity index (χ1v) is 6.48. The lowest BCUT2D eigenvalue weighted by Crippen LogP contribution is -2.07. The fourth-order valence-corrected chi connectivity index (χ4v) is 2.23. The number of esters is 1. The molecule has 1 heterocycles. The zero-order valence-electron chi connectivity index (χ0n) is 11.2. The van der Waals surface area contributed by atoms with E-state index in [4.69, 9.17) is 4.74 Å². The van der Waals surface area contributed by atoms with Gasteiger partial charge in [0.15, 0.2) is 0 Å². The van der Waals surface area contributed by atoms with Gasteiger partial charge in [-0.1, -0.05) is 13.3 Å². The summed E-state index contributed by atoms with van der Waals surface area (Å²) >= 11 is 0. The van der Waals surface area contributed by atoms with Crippen LogP contribution in [0.1, 0.15) is 46.7 Å². The Hall–Kier alpha value is -2.10. The SMILES string of the molecule is CCCc1c(C(=O)OCC)[nH]c2ccc(C=O)cc12. The molecule has 19 heavy (non-hydrogen) atoms. The van der Waals surface area contributed by atoms with Crippen LogP contribution in [-0.4, -0.2) is 23.8 Å². The number of rotatable bonds is 5. The van der Waals surface area contributed by atoms with Crippen LogP contribution in [0.3, 0.4) is 0 Å². The summed E-state index contributed by atoms with van der Waals surface area (Å²) in [5, 5.41) is 0.925. The van der Waals surface area contributed by atoms with Crippen LogP contribution in [0.25, 0.3) is 10.9 Å².